The van der Waals surface area contributed by atoms with Crippen molar-refractivity contribution in [1.82, 2.24) is 10.2 Å². The number of carbonyl (C=O) groups excluding carboxylic acids is 4. The zero-order chi connectivity index (χ0) is 20.1. The Kier molecular flexibility index (Phi) is 4.54. The summed E-state index contributed by atoms with van der Waals surface area (Å²) in [6, 6.07) is 4.94. The second-order valence-corrected chi connectivity index (χ2v) is 9.04. The molecule has 0 aliphatic carbocycles. The number of amides is 2. The van der Waals surface area contributed by atoms with Gasteiger partial charge >= 0.3 is 0 Å². The first-order valence-electron chi connectivity index (χ1n) is 8.09. The van der Waals surface area contributed by atoms with Crippen molar-refractivity contribution in [2.24, 2.45) is 0 Å². The summed E-state index contributed by atoms with van der Waals surface area (Å²) in [5, 5.41) is 24.1. The molecule has 2 fully saturated rings. The Morgan fingerprint density at radius 3 is 2.30 bits per heavy atom. The van der Waals surface area contributed by atoms with E-state index in [1.807, 2.05) is 0 Å². The lowest BCUT2D eigenvalue weighted by Crippen LogP contribution is -2.72. The molecule has 0 bridgehead atoms. The first-order chi connectivity index (χ1) is 12.6. The van der Waals surface area contributed by atoms with Gasteiger partial charge in [0.25, 0.3) is 0 Å². The second kappa shape index (κ2) is 6.45. The van der Waals surface area contributed by atoms with Gasteiger partial charge < -0.3 is 30.0 Å². The molecule has 27 heavy (non-hydrogen) atoms. The van der Waals surface area contributed by atoms with Crippen LogP contribution in [0.25, 0.3) is 0 Å². The normalized spacial score (nSPS) is 29.4. The van der Waals surface area contributed by atoms with E-state index >= 15 is 0 Å². The number of carbonyl (C=O) groups is 4. The molecule has 1 N–H and O–H groups in total. The van der Waals surface area contributed by atoms with Crippen LogP contribution >= 0.6 is 0 Å². The zero-order valence-electron chi connectivity index (χ0n) is 14.4. The summed E-state index contributed by atoms with van der Waals surface area (Å²) in [4.78, 5) is 48.6. The van der Waals surface area contributed by atoms with E-state index in [1.165, 1.54) is 26.0 Å². The Balaban J connectivity index is 1.84. The van der Waals surface area contributed by atoms with Crippen molar-refractivity contribution >= 4 is 34.6 Å². The van der Waals surface area contributed by atoms with Crippen LogP contribution in [0.2, 0.25) is 0 Å². The average Bonchev–Trinajstić information content (AvgIpc) is 2.78. The summed E-state index contributed by atoms with van der Waals surface area (Å²) in [5.74, 6) is -6.58. The van der Waals surface area contributed by atoms with Gasteiger partial charge in [-0.15, -0.1) is 0 Å². The lowest BCUT2D eigenvalue weighted by atomic mass is 9.94. The minimum absolute atomic E-state index is 0.166. The Labute approximate surface area is 156 Å². The molecule has 9 nitrogen and oxygen atoms in total. The first kappa shape index (κ1) is 19.0. The van der Waals surface area contributed by atoms with Crippen LogP contribution in [-0.2, 0) is 30.0 Å². The Morgan fingerprint density at radius 2 is 1.78 bits per heavy atom. The highest BCUT2D eigenvalue weighted by Gasteiger charge is 2.66. The predicted molar refractivity (Wildman–Crippen MR) is 87.8 cm³/mol. The van der Waals surface area contributed by atoms with Crippen LogP contribution in [0.5, 0.6) is 0 Å². The van der Waals surface area contributed by atoms with Gasteiger partial charge in [-0.05, 0) is 19.4 Å². The maximum absolute atomic E-state index is 12.7. The number of β-lactam (4-membered cyclic amide) rings is 1. The van der Waals surface area contributed by atoms with Crippen molar-refractivity contribution in [2.75, 3.05) is 0 Å². The number of rotatable bonds is 5. The molecule has 0 aromatic heterocycles. The molecule has 2 aliphatic heterocycles. The van der Waals surface area contributed by atoms with Crippen LogP contribution in [0.3, 0.4) is 0 Å². The van der Waals surface area contributed by atoms with Gasteiger partial charge in [0, 0.05) is 0 Å². The third kappa shape index (κ3) is 2.80. The molecule has 2 saturated heterocycles. The molecule has 0 radical (unpaired) electrons. The molecule has 1 aromatic carbocycles. The molecule has 2 amide bonds. The van der Waals surface area contributed by atoms with Crippen molar-refractivity contribution in [1.29, 1.82) is 0 Å². The number of hydrogen-bond donors (Lipinski definition) is 1. The van der Waals surface area contributed by atoms with E-state index in [1.54, 1.807) is 18.2 Å². The number of carboxylic acid groups (broad SMARTS) is 2. The van der Waals surface area contributed by atoms with Gasteiger partial charge in [-0.3, -0.25) is 13.8 Å². The van der Waals surface area contributed by atoms with Gasteiger partial charge in [0.2, 0.25) is 11.8 Å². The molecule has 0 unspecified atom stereocenters. The minimum Gasteiger partial charge on any atom is -0.549 e. The topological polar surface area (TPSA) is 147 Å². The maximum Gasteiger partial charge on any atom is 0.249 e. The minimum atomic E-state index is -1.80. The fourth-order valence-electron chi connectivity index (χ4n) is 3.55. The van der Waals surface area contributed by atoms with Crippen molar-refractivity contribution in [3.63, 3.8) is 0 Å². The average molecular weight is 392 g/mol. The summed E-state index contributed by atoms with van der Waals surface area (Å²) in [7, 11) is -1.80. The van der Waals surface area contributed by atoms with E-state index in [9.17, 15) is 33.6 Å². The standard InChI is InChI=1S/C17H18N2O7S/c1-17(2)11(16(24)25)19-13(21)10(14(19)27(17)26)18-12(20)9(15(22)23)8-6-4-3-5-7-8/h3-7,9-11,14H,1-2H3,(H,18,20)(H,22,23)(H,24,25)/p-2/t9-,10-,11+,14-,27-/m1/s1. The molecule has 144 valence electrons. The van der Waals surface area contributed by atoms with Crippen LogP contribution in [-0.4, -0.2) is 55.1 Å². The summed E-state index contributed by atoms with van der Waals surface area (Å²) in [6.45, 7) is 2.87. The summed E-state index contributed by atoms with van der Waals surface area (Å²) in [5.41, 5.74) is 0.166. The van der Waals surface area contributed by atoms with Gasteiger partial charge in [-0.25, -0.2) is 0 Å². The fourth-order valence-corrected chi connectivity index (χ4v) is 5.47. The number of nitrogens with zero attached hydrogens (tertiary/aromatic N) is 1. The molecular weight excluding hydrogens is 376 g/mol. The molecular formula is C17H16N2O7S-2. The van der Waals surface area contributed by atoms with Crippen molar-refractivity contribution in [3.05, 3.63) is 35.9 Å². The fraction of sp³-hybridized carbons (Fsp3) is 0.412. The number of hydrogen-bond acceptors (Lipinski definition) is 7. The van der Waals surface area contributed by atoms with Gasteiger partial charge in [-0.1, -0.05) is 30.3 Å². The molecule has 10 heteroatoms. The molecule has 1 aromatic rings. The molecule has 0 saturated carbocycles. The molecule has 2 heterocycles. The maximum atomic E-state index is 12.7. The van der Waals surface area contributed by atoms with Crippen LogP contribution in [0.15, 0.2) is 30.3 Å². The molecule has 3 rings (SSSR count). The largest absolute Gasteiger partial charge is 0.549 e. The van der Waals surface area contributed by atoms with Crippen molar-refractivity contribution < 1.29 is 33.6 Å². The highest BCUT2D eigenvalue weighted by atomic mass is 32.2. The van der Waals surface area contributed by atoms with Gasteiger partial charge in [0.05, 0.1) is 33.5 Å². The SMILES string of the molecule is CC1(C)[C@H](C(=O)[O-])N2C(=O)[C@@H](NC(=O)[C@H](C(=O)[O-])c3ccccc3)[C@H]2[S@]1=O. The summed E-state index contributed by atoms with van der Waals surface area (Å²) >= 11 is 0. The third-order valence-corrected chi connectivity index (χ3v) is 7.10. The van der Waals surface area contributed by atoms with Crippen molar-refractivity contribution in [2.45, 2.75) is 42.0 Å². The van der Waals surface area contributed by atoms with Gasteiger partial charge in [0.1, 0.15) is 17.3 Å². The number of aliphatic carboxylic acids is 2. The number of carboxylic acids is 2. The Hall–Kier alpha value is -2.75. The van der Waals surface area contributed by atoms with E-state index < -0.39 is 62.7 Å². The quantitative estimate of drug-likeness (QED) is 0.411. The molecule has 5 atom stereocenters. The van der Waals surface area contributed by atoms with E-state index in [2.05, 4.69) is 5.32 Å². The summed E-state index contributed by atoms with van der Waals surface area (Å²) < 4.78 is 11.4. The monoisotopic (exact) mass is 392 g/mol. The van der Waals surface area contributed by atoms with Gasteiger partial charge in [0.15, 0.2) is 0 Å². The number of nitrogens with one attached hydrogen (secondary N) is 1. The predicted octanol–water partition coefficient (Wildman–Crippen LogP) is -3.17. The highest BCUT2D eigenvalue weighted by molar-refractivity contribution is 7.87. The zero-order valence-corrected chi connectivity index (χ0v) is 15.2. The highest BCUT2D eigenvalue weighted by Crippen LogP contribution is 2.43. The lowest BCUT2D eigenvalue weighted by molar-refractivity contribution is -0.312. The van der Waals surface area contributed by atoms with E-state index in [0.717, 1.165) is 4.90 Å². The van der Waals surface area contributed by atoms with Crippen LogP contribution < -0.4 is 15.5 Å². The van der Waals surface area contributed by atoms with Crippen LogP contribution in [0, 0.1) is 0 Å². The Bertz CT molecular complexity index is 854. The van der Waals surface area contributed by atoms with Crippen LogP contribution in [0.1, 0.15) is 25.3 Å². The lowest BCUT2D eigenvalue weighted by Gasteiger charge is -2.44. The molecule has 0 spiro atoms. The van der Waals surface area contributed by atoms with Gasteiger partial charge in [-0.2, -0.15) is 0 Å². The Morgan fingerprint density at radius 1 is 1.19 bits per heavy atom. The van der Waals surface area contributed by atoms with Crippen molar-refractivity contribution in [3.8, 4) is 0 Å². The molecule has 2 aliphatic rings. The number of fused-ring (bicyclic) bond motifs is 1. The number of benzene rings is 1. The van der Waals surface area contributed by atoms with E-state index in [4.69, 9.17) is 0 Å². The van der Waals surface area contributed by atoms with E-state index in [0.29, 0.717) is 0 Å². The smallest absolute Gasteiger partial charge is 0.249 e. The second-order valence-electron chi connectivity index (χ2n) is 6.91. The van der Waals surface area contributed by atoms with E-state index in [-0.39, 0.29) is 5.56 Å². The summed E-state index contributed by atoms with van der Waals surface area (Å²) in [6.07, 6.45) is 0. The third-order valence-electron chi connectivity index (χ3n) is 4.91. The van der Waals surface area contributed by atoms with Crippen LogP contribution in [0.4, 0.5) is 0 Å². The first-order valence-corrected chi connectivity index (χ1v) is 9.30.